The van der Waals surface area contributed by atoms with Crippen LogP contribution in [0.5, 0.6) is 5.75 Å². The summed E-state index contributed by atoms with van der Waals surface area (Å²) < 4.78 is 5.62. The van der Waals surface area contributed by atoms with Crippen molar-refractivity contribution < 1.29 is 4.74 Å². The Morgan fingerprint density at radius 2 is 2.21 bits per heavy atom. The lowest BCUT2D eigenvalue weighted by molar-refractivity contribution is 0.341. The number of nitrogens with one attached hydrogen (secondary N) is 1. The van der Waals surface area contributed by atoms with Crippen molar-refractivity contribution in [2.24, 2.45) is 0 Å². The lowest BCUT2D eigenvalue weighted by Gasteiger charge is -2.12. The van der Waals surface area contributed by atoms with Gasteiger partial charge in [-0.25, -0.2) is 0 Å². The van der Waals surface area contributed by atoms with Crippen molar-refractivity contribution in [2.75, 3.05) is 11.9 Å². The van der Waals surface area contributed by atoms with Crippen LogP contribution in [0, 0.1) is 18.3 Å². The Morgan fingerprint density at radius 3 is 2.89 bits per heavy atom. The van der Waals surface area contributed by atoms with E-state index in [0.717, 1.165) is 21.9 Å². The van der Waals surface area contributed by atoms with E-state index < -0.39 is 0 Å². The Bertz CT molecular complexity index is 598. The molecule has 0 aliphatic rings. The largest absolute Gasteiger partial charge is 0.492 e. The average Bonchev–Trinajstić information content (AvgIpc) is 2.86. The Balaban J connectivity index is 2.08. The van der Waals surface area contributed by atoms with Gasteiger partial charge in [-0.3, -0.25) is 0 Å². The molecule has 0 aliphatic carbocycles. The fraction of sp³-hybridized carbons (Fsp3) is 0.267. The van der Waals surface area contributed by atoms with Crippen molar-refractivity contribution in [1.29, 1.82) is 5.26 Å². The molecule has 1 aromatic carbocycles. The molecule has 1 heterocycles. The minimum Gasteiger partial charge on any atom is -0.492 e. The highest BCUT2D eigenvalue weighted by Gasteiger charge is 2.05. The van der Waals surface area contributed by atoms with Gasteiger partial charge in [0.05, 0.1) is 17.9 Å². The van der Waals surface area contributed by atoms with Crippen LogP contribution in [-0.2, 0) is 6.54 Å². The van der Waals surface area contributed by atoms with Crippen molar-refractivity contribution in [1.82, 2.24) is 0 Å². The van der Waals surface area contributed by atoms with Gasteiger partial charge in [-0.1, -0.05) is 6.07 Å². The van der Waals surface area contributed by atoms with Crippen LogP contribution in [0.25, 0.3) is 0 Å². The van der Waals surface area contributed by atoms with E-state index in [1.54, 1.807) is 11.3 Å². The van der Waals surface area contributed by atoms with Gasteiger partial charge >= 0.3 is 0 Å². The molecule has 0 saturated heterocycles. The van der Waals surface area contributed by atoms with Gasteiger partial charge in [0, 0.05) is 16.8 Å². The van der Waals surface area contributed by atoms with Crippen molar-refractivity contribution in [2.45, 2.75) is 20.4 Å². The molecule has 1 N–H and O–H groups in total. The molecule has 4 heteroatoms. The molecule has 0 radical (unpaired) electrons. The fourth-order valence-electron chi connectivity index (χ4n) is 1.76. The first kappa shape index (κ1) is 13.4. The van der Waals surface area contributed by atoms with Crippen molar-refractivity contribution in [3.8, 4) is 11.8 Å². The van der Waals surface area contributed by atoms with Crippen LogP contribution in [0.1, 0.15) is 22.9 Å². The summed E-state index contributed by atoms with van der Waals surface area (Å²) in [4.78, 5) is 1.14. The van der Waals surface area contributed by atoms with E-state index in [0.29, 0.717) is 13.2 Å². The maximum absolute atomic E-state index is 8.80. The molecular weight excluding hydrogens is 256 g/mol. The first-order chi connectivity index (χ1) is 9.22. The van der Waals surface area contributed by atoms with Gasteiger partial charge in [0.15, 0.2) is 0 Å². The van der Waals surface area contributed by atoms with Crippen LogP contribution < -0.4 is 10.1 Å². The minimum atomic E-state index is 0.649. The second-order valence-corrected chi connectivity index (χ2v) is 5.20. The topological polar surface area (TPSA) is 45.0 Å². The monoisotopic (exact) mass is 272 g/mol. The van der Waals surface area contributed by atoms with E-state index in [2.05, 4.69) is 17.5 Å². The Labute approximate surface area is 117 Å². The van der Waals surface area contributed by atoms with E-state index >= 15 is 0 Å². The first-order valence-electron chi connectivity index (χ1n) is 6.17. The molecule has 19 heavy (non-hydrogen) atoms. The third kappa shape index (κ3) is 3.49. The SMILES string of the molecule is CCOc1cc(C)ccc1NCc1cc(C#N)cs1. The molecule has 2 aromatic rings. The third-order valence-electron chi connectivity index (χ3n) is 2.67. The second kappa shape index (κ2) is 6.26. The molecule has 0 atom stereocenters. The van der Waals surface area contributed by atoms with E-state index in [4.69, 9.17) is 10.00 Å². The molecule has 0 spiro atoms. The second-order valence-electron chi connectivity index (χ2n) is 4.20. The molecule has 1 aromatic heterocycles. The van der Waals surface area contributed by atoms with Crippen LogP contribution in [0.2, 0.25) is 0 Å². The Hall–Kier alpha value is -1.99. The number of thiophene rings is 1. The highest BCUT2D eigenvalue weighted by atomic mass is 32.1. The standard InChI is InChI=1S/C15H16N2OS/c1-3-18-15-6-11(2)4-5-14(15)17-9-13-7-12(8-16)10-19-13/h4-7,10,17H,3,9H2,1-2H3. The average molecular weight is 272 g/mol. The summed E-state index contributed by atoms with van der Waals surface area (Å²) in [5.41, 5.74) is 2.88. The molecule has 3 nitrogen and oxygen atoms in total. The maximum Gasteiger partial charge on any atom is 0.142 e. The van der Waals surface area contributed by atoms with Crippen LogP contribution >= 0.6 is 11.3 Å². The molecule has 2 rings (SSSR count). The molecule has 0 bridgehead atoms. The maximum atomic E-state index is 8.80. The molecule has 0 fully saturated rings. The van der Waals surface area contributed by atoms with Gasteiger partial charge in [-0.15, -0.1) is 11.3 Å². The van der Waals surface area contributed by atoms with E-state index in [-0.39, 0.29) is 0 Å². The number of aryl methyl sites for hydroxylation is 1. The van der Waals surface area contributed by atoms with Crippen LogP contribution in [0.3, 0.4) is 0 Å². The molecule has 98 valence electrons. The number of nitriles is 1. The molecule has 0 amide bonds. The predicted octanol–water partition coefficient (Wildman–Crippen LogP) is 3.94. The number of hydrogen-bond donors (Lipinski definition) is 1. The summed E-state index contributed by atoms with van der Waals surface area (Å²) in [6.45, 7) is 5.38. The lowest BCUT2D eigenvalue weighted by atomic mass is 10.2. The van der Waals surface area contributed by atoms with Gasteiger partial charge in [-0.2, -0.15) is 5.26 Å². The number of rotatable bonds is 5. The van der Waals surface area contributed by atoms with Gasteiger partial charge in [-0.05, 0) is 37.6 Å². The zero-order valence-corrected chi connectivity index (χ0v) is 11.9. The van der Waals surface area contributed by atoms with Crippen molar-refractivity contribution >= 4 is 17.0 Å². The summed E-state index contributed by atoms with van der Waals surface area (Å²) in [6.07, 6.45) is 0. The van der Waals surface area contributed by atoms with E-state index in [1.165, 1.54) is 5.56 Å². The lowest BCUT2D eigenvalue weighted by Crippen LogP contribution is -2.02. The Morgan fingerprint density at radius 1 is 1.37 bits per heavy atom. The first-order valence-corrected chi connectivity index (χ1v) is 7.05. The van der Waals surface area contributed by atoms with Crippen molar-refractivity contribution in [3.05, 3.63) is 45.6 Å². The number of ether oxygens (including phenoxy) is 1. The van der Waals surface area contributed by atoms with Crippen LogP contribution in [-0.4, -0.2) is 6.61 Å². The van der Waals surface area contributed by atoms with E-state index in [1.807, 2.05) is 37.4 Å². The zero-order valence-electron chi connectivity index (χ0n) is 11.1. The zero-order chi connectivity index (χ0) is 13.7. The Kier molecular flexibility index (Phi) is 4.43. The van der Waals surface area contributed by atoms with Crippen LogP contribution in [0.15, 0.2) is 29.6 Å². The normalized spacial score (nSPS) is 9.95. The third-order valence-corrected chi connectivity index (χ3v) is 3.61. The molecular formula is C15H16N2OS. The fourth-order valence-corrected chi connectivity index (χ4v) is 2.51. The molecule has 0 unspecified atom stereocenters. The van der Waals surface area contributed by atoms with Crippen LogP contribution in [0.4, 0.5) is 5.69 Å². The number of hydrogen-bond acceptors (Lipinski definition) is 4. The number of nitrogens with zero attached hydrogens (tertiary/aromatic N) is 1. The summed E-state index contributed by atoms with van der Waals surface area (Å²) in [5, 5.41) is 14.0. The van der Waals surface area contributed by atoms with Gasteiger partial charge in [0.1, 0.15) is 11.8 Å². The summed E-state index contributed by atoms with van der Waals surface area (Å²) in [7, 11) is 0. The predicted molar refractivity (Wildman–Crippen MR) is 78.7 cm³/mol. The smallest absolute Gasteiger partial charge is 0.142 e. The highest BCUT2D eigenvalue weighted by Crippen LogP contribution is 2.27. The van der Waals surface area contributed by atoms with Gasteiger partial charge in [0.25, 0.3) is 0 Å². The van der Waals surface area contributed by atoms with Gasteiger partial charge < -0.3 is 10.1 Å². The summed E-state index contributed by atoms with van der Waals surface area (Å²) in [5.74, 6) is 0.875. The quantitative estimate of drug-likeness (QED) is 0.896. The van der Waals surface area contributed by atoms with E-state index in [9.17, 15) is 0 Å². The molecule has 0 aliphatic heterocycles. The summed E-state index contributed by atoms with van der Waals surface area (Å²) >= 11 is 1.59. The summed E-state index contributed by atoms with van der Waals surface area (Å²) in [6, 6.07) is 10.2. The minimum absolute atomic E-state index is 0.649. The van der Waals surface area contributed by atoms with Crippen molar-refractivity contribution in [3.63, 3.8) is 0 Å². The highest BCUT2D eigenvalue weighted by molar-refractivity contribution is 7.10. The number of benzene rings is 1. The number of anilines is 1. The molecule has 0 saturated carbocycles. The van der Waals surface area contributed by atoms with Gasteiger partial charge in [0.2, 0.25) is 0 Å².